The molecule has 138 valence electrons. The van der Waals surface area contributed by atoms with Gasteiger partial charge in [0, 0.05) is 27.6 Å². The van der Waals surface area contributed by atoms with Crippen LogP contribution in [0, 0.1) is 12.7 Å². The molecule has 2 aliphatic rings. The van der Waals surface area contributed by atoms with Crippen LogP contribution in [0.3, 0.4) is 0 Å². The Hall–Kier alpha value is -2.66. The number of halogens is 1. The van der Waals surface area contributed by atoms with E-state index in [0.29, 0.717) is 12.3 Å². The van der Waals surface area contributed by atoms with Gasteiger partial charge in [-0.25, -0.2) is 9.18 Å². The molecule has 1 aromatic heterocycles. The van der Waals surface area contributed by atoms with Crippen LogP contribution < -0.4 is 15.3 Å². The van der Waals surface area contributed by atoms with Crippen molar-refractivity contribution in [3.63, 3.8) is 0 Å². The molecule has 1 N–H and O–H groups in total. The minimum Gasteiger partial charge on any atom is -0.444 e. The summed E-state index contributed by atoms with van der Waals surface area (Å²) in [6.07, 6.45) is 2.75. The van der Waals surface area contributed by atoms with Crippen molar-refractivity contribution < 1.29 is 18.4 Å². The van der Waals surface area contributed by atoms with E-state index in [0.717, 1.165) is 71.3 Å². The Balaban J connectivity index is 1.53. The summed E-state index contributed by atoms with van der Waals surface area (Å²) in [4.78, 5) is 13.6. The molecule has 1 atom stereocenters. The summed E-state index contributed by atoms with van der Waals surface area (Å²) >= 11 is 0. The van der Waals surface area contributed by atoms with Crippen LogP contribution in [0.25, 0.3) is 11.0 Å². The van der Waals surface area contributed by atoms with Crippen molar-refractivity contribution in [1.82, 2.24) is 0 Å². The first-order chi connectivity index (χ1) is 13.1. The predicted octanol–water partition coefficient (Wildman–Crippen LogP) is 2.66. The number of nitrogens with one attached hydrogen (secondary N) is 1. The number of fused-ring (bicyclic) bond motifs is 4. The van der Waals surface area contributed by atoms with Crippen molar-refractivity contribution in [1.29, 1.82) is 0 Å². The largest absolute Gasteiger partial charge is 0.444 e. The average Bonchev–Trinajstić information content (AvgIpc) is 3.16. The van der Waals surface area contributed by atoms with Crippen LogP contribution in [0.5, 0.6) is 5.75 Å². The van der Waals surface area contributed by atoms with E-state index in [9.17, 15) is 9.18 Å². The third kappa shape index (κ3) is 2.73. The fourth-order valence-electron chi connectivity index (χ4n) is 4.46. The molecule has 4 nitrogen and oxygen atoms in total. The third-order valence-corrected chi connectivity index (χ3v) is 5.75. The monoisotopic (exact) mass is 366 g/mol. The molecule has 1 aliphatic heterocycles. The van der Waals surface area contributed by atoms with Crippen LogP contribution in [0.2, 0.25) is 0 Å². The molecule has 0 spiro atoms. The van der Waals surface area contributed by atoms with E-state index < -0.39 is 0 Å². The number of rotatable bonds is 2. The van der Waals surface area contributed by atoms with Crippen LogP contribution >= 0.6 is 0 Å². The molecular formula is C22H21FNO3+. The number of hydrogen-bond acceptors (Lipinski definition) is 3. The first-order valence-corrected chi connectivity index (χ1v) is 9.42. The van der Waals surface area contributed by atoms with Crippen LogP contribution in [0.4, 0.5) is 4.39 Å². The molecular weight excluding hydrogens is 345 g/mol. The normalized spacial score (nSPS) is 18.2. The Morgan fingerprint density at radius 3 is 2.74 bits per heavy atom. The lowest BCUT2D eigenvalue weighted by Gasteiger charge is -2.28. The maximum Gasteiger partial charge on any atom is 0.339 e. The molecule has 2 aromatic carbocycles. The molecule has 5 heteroatoms. The van der Waals surface area contributed by atoms with Crippen molar-refractivity contribution >= 4 is 11.0 Å². The molecule has 0 bridgehead atoms. The van der Waals surface area contributed by atoms with Crippen molar-refractivity contribution in [3.05, 3.63) is 74.4 Å². The maximum atomic E-state index is 13.1. The van der Waals surface area contributed by atoms with Crippen LogP contribution in [-0.2, 0) is 25.9 Å². The molecule has 1 aliphatic carbocycles. The Morgan fingerprint density at radius 1 is 1.15 bits per heavy atom. The van der Waals surface area contributed by atoms with E-state index in [1.807, 2.05) is 19.1 Å². The summed E-state index contributed by atoms with van der Waals surface area (Å²) < 4.78 is 24.8. The number of aryl methyl sites for hydroxylation is 2. The van der Waals surface area contributed by atoms with E-state index in [-0.39, 0.29) is 11.4 Å². The fourth-order valence-corrected chi connectivity index (χ4v) is 4.46. The molecule has 0 fully saturated rings. The van der Waals surface area contributed by atoms with Crippen LogP contribution in [0.1, 0.15) is 34.2 Å². The first-order valence-electron chi connectivity index (χ1n) is 9.42. The zero-order valence-electron chi connectivity index (χ0n) is 15.2. The predicted molar refractivity (Wildman–Crippen MR) is 99.5 cm³/mol. The van der Waals surface area contributed by atoms with Crippen LogP contribution in [-0.4, -0.2) is 6.73 Å². The van der Waals surface area contributed by atoms with Gasteiger partial charge in [-0.3, -0.25) is 4.90 Å². The highest BCUT2D eigenvalue weighted by Crippen LogP contribution is 2.36. The molecule has 0 saturated heterocycles. The Bertz CT molecular complexity index is 1100. The minimum absolute atomic E-state index is 0.197. The van der Waals surface area contributed by atoms with E-state index >= 15 is 0 Å². The lowest BCUT2D eigenvalue weighted by Crippen LogP contribution is -3.10. The fraction of sp³-hybridized carbons (Fsp3) is 0.318. The lowest BCUT2D eigenvalue weighted by atomic mass is 9.99. The van der Waals surface area contributed by atoms with Gasteiger partial charge in [-0.15, -0.1) is 0 Å². The quantitative estimate of drug-likeness (QED) is 0.709. The topological polar surface area (TPSA) is 43.9 Å². The van der Waals surface area contributed by atoms with Crippen molar-refractivity contribution in [2.24, 2.45) is 0 Å². The summed E-state index contributed by atoms with van der Waals surface area (Å²) in [6, 6.07) is 8.79. The summed E-state index contributed by atoms with van der Waals surface area (Å²) in [6.45, 7) is 4.11. The van der Waals surface area contributed by atoms with Gasteiger partial charge in [0.05, 0.1) is 0 Å². The zero-order valence-corrected chi connectivity index (χ0v) is 15.2. The number of benzene rings is 2. The second-order valence-electron chi connectivity index (χ2n) is 7.59. The molecule has 0 radical (unpaired) electrons. The molecule has 5 rings (SSSR count). The zero-order chi connectivity index (χ0) is 18.5. The van der Waals surface area contributed by atoms with Gasteiger partial charge in [0.2, 0.25) is 6.73 Å². The van der Waals surface area contributed by atoms with E-state index in [2.05, 4.69) is 6.07 Å². The molecule has 0 amide bonds. The summed E-state index contributed by atoms with van der Waals surface area (Å²) in [5.74, 6) is 0.623. The lowest BCUT2D eigenvalue weighted by molar-refractivity contribution is -0.945. The number of ether oxygens (including phenoxy) is 1. The van der Waals surface area contributed by atoms with Crippen molar-refractivity contribution in [2.45, 2.75) is 39.3 Å². The van der Waals surface area contributed by atoms with Gasteiger partial charge in [0.25, 0.3) is 0 Å². The Kier molecular flexibility index (Phi) is 3.79. The van der Waals surface area contributed by atoms with E-state index in [1.54, 1.807) is 0 Å². The van der Waals surface area contributed by atoms with Gasteiger partial charge in [0.1, 0.15) is 30.2 Å². The first kappa shape index (κ1) is 16.5. The maximum absolute atomic E-state index is 13.1. The van der Waals surface area contributed by atoms with E-state index in [1.165, 1.54) is 17.0 Å². The SMILES string of the molecule is Cc1c2c(cc3c4c(c(=O)oc13)CCC4)C[NH+](Cc1ccc(F)cc1)CO2. The smallest absolute Gasteiger partial charge is 0.339 e. The minimum atomic E-state index is -0.216. The molecule has 1 unspecified atom stereocenters. The summed E-state index contributed by atoms with van der Waals surface area (Å²) in [7, 11) is 0. The van der Waals surface area contributed by atoms with Gasteiger partial charge in [0.15, 0.2) is 0 Å². The molecule has 0 saturated carbocycles. The Labute approximate surface area is 156 Å². The highest BCUT2D eigenvalue weighted by molar-refractivity contribution is 5.87. The van der Waals surface area contributed by atoms with E-state index in [4.69, 9.17) is 9.15 Å². The van der Waals surface area contributed by atoms with Gasteiger partial charge in [-0.05, 0) is 49.9 Å². The number of hydrogen-bond donors (Lipinski definition) is 1. The highest BCUT2D eigenvalue weighted by Gasteiger charge is 2.27. The molecule has 27 heavy (non-hydrogen) atoms. The van der Waals surface area contributed by atoms with Gasteiger partial charge in [-0.1, -0.05) is 12.1 Å². The highest BCUT2D eigenvalue weighted by atomic mass is 19.1. The van der Waals surface area contributed by atoms with Crippen LogP contribution in [0.15, 0.2) is 39.5 Å². The van der Waals surface area contributed by atoms with Gasteiger partial charge < -0.3 is 9.15 Å². The van der Waals surface area contributed by atoms with Crippen molar-refractivity contribution in [3.8, 4) is 5.75 Å². The third-order valence-electron chi connectivity index (χ3n) is 5.75. The standard InChI is InChI=1S/C22H20FNO3/c1-13-20-15(9-19-17-3-2-4-18(17)22(25)27-21(13)19)11-24(12-26-20)10-14-5-7-16(23)8-6-14/h5-9H,2-4,10-12H2,1H3/p+1. The average molecular weight is 366 g/mol. The van der Waals surface area contributed by atoms with Gasteiger partial charge in [-0.2, -0.15) is 0 Å². The second kappa shape index (κ2) is 6.20. The summed E-state index contributed by atoms with van der Waals surface area (Å²) in [5.41, 5.74) is 5.61. The molecule has 2 heterocycles. The second-order valence-corrected chi connectivity index (χ2v) is 7.59. The number of quaternary nitrogens is 1. The summed E-state index contributed by atoms with van der Waals surface area (Å²) in [5, 5.41) is 1.06. The van der Waals surface area contributed by atoms with Crippen molar-refractivity contribution in [2.75, 3.05) is 6.73 Å². The van der Waals surface area contributed by atoms with Gasteiger partial charge >= 0.3 is 5.63 Å². The molecule has 3 aromatic rings. The Morgan fingerprint density at radius 2 is 1.93 bits per heavy atom.